The summed E-state index contributed by atoms with van der Waals surface area (Å²) in [7, 11) is 0. The molecule has 3 atom stereocenters. The first kappa shape index (κ1) is 12.0. The van der Waals surface area contributed by atoms with Crippen molar-refractivity contribution in [1.82, 2.24) is 0 Å². The minimum atomic E-state index is 0.337. The van der Waals surface area contributed by atoms with Gasteiger partial charge in [-0.1, -0.05) is 25.1 Å². The van der Waals surface area contributed by atoms with Crippen molar-refractivity contribution in [2.75, 3.05) is 0 Å². The highest BCUT2D eigenvalue weighted by molar-refractivity contribution is 8.00. The summed E-state index contributed by atoms with van der Waals surface area (Å²) in [6, 6.07) is 9.13. The molecule has 0 saturated carbocycles. The molecule has 1 aromatic carbocycles. The Morgan fingerprint density at radius 3 is 2.81 bits per heavy atom. The molecule has 0 fully saturated rings. The van der Waals surface area contributed by atoms with E-state index in [4.69, 9.17) is 5.73 Å². The molecule has 2 heteroatoms. The molecule has 0 aromatic heterocycles. The van der Waals surface area contributed by atoms with Gasteiger partial charge in [-0.2, -0.15) is 0 Å². The molecule has 0 spiro atoms. The third kappa shape index (κ3) is 3.02. The summed E-state index contributed by atoms with van der Waals surface area (Å²) in [6.45, 7) is 4.43. The minimum absolute atomic E-state index is 0.337. The van der Waals surface area contributed by atoms with Crippen molar-refractivity contribution in [2.45, 2.75) is 49.3 Å². The molecule has 1 heterocycles. The van der Waals surface area contributed by atoms with Crippen LogP contribution in [-0.4, -0.2) is 11.3 Å². The Morgan fingerprint density at radius 2 is 2.12 bits per heavy atom. The van der Waals surface area contributed by atoms with Gasteiger partial charge in [0, 0.05) is 16.2 Å². The first-order chi connectivity index (χ1) is 7.65. The van der Waals surface area contributed by atoms with Crippen LogP contribution >= 0.6 is 11.8 Å². The molecule has 2 N–H and O–H groups in total. The maximum absolute atomic E-state index is 5.84. The number of fused-ring (bicyclic) bond motifs is 1. The highest BCUT2D eigenvalue weighted by atomic mass is 32.2. The molecule has 1 aliphatic rings. The van der Waals surface area contributed by atoms with Gasteiger partial charge in [-0.3, -0.25) is 0 Å². The fraction of sp³-hybridized carbons (Fsp3) is 0.571. The largest absolute Gasteiger partial charge is 0.328 e. The summed E-state index contributed by atoms with van der Waals surface area (Å²) >= 11 is 2.05. The zero-order valence-electron chi connectivity index (χ0n) is 10.1. The van der Waals surface area contributed by atoms with Crippen molar-refractivity contribution >= 4 is 11.8 Å². The maximum atomic E-state index is 5.84. The lowest BCUT2D eigenvalue weighted by molar-refractivity contribution is 0.446. The Hall–Kier alpha value is -0.470. The molecule has 0 saturated heterocycles. The molecule has 0 radical (unpaired) electrons. The van der Waals surface area contributed by atoms with Crippen LogP contribution in [0.5, 0.6) is 0 Å². The number of thioether (sulfide) groups is 1. The second kappa shape index (κ2) is 5.24. The van der Waals surface area contributed by atoms with Crippen molar-refractivity contribution in [1.29, 1.82) is 0 Å². The molecule has 0 amide bonds. The molecule has 1 nitrogen and oxygen atoms in total. The lowest BCUT2D eigenvalue weighted by atomic mass is 9.95. The summed E-state index contributed by atoms with van der Waals surface area (Å²) in [4.78, 5) is 1.49. The second-order valence-corrected chi connectivity index (χ2v) is 6.45. The fourth-order valence-electron chi connectivity index (χ4n) is 2.57. The van der Waals surface area contributed by atoms with Gasteiger partial charge in [0.05, 0.1) is 0 Å². The van der Waals surface area contributed by atoms with E-state index in [2.05, 4.69) is 49.9 Å². The summed E-state index contributed by atoms with van der Waals surface area (Å²) in [5.41, 5.74) is 7.38. The van der Waals surface area contributed by atoms with E-state index in [9.17, 15) is 0 Å². The van der Waals surface area contributed by atoms with Crippen LogP contribution in [0.3, 0.4) is 0 Å². The second-order valence-electron chi connectivity index (χ2n) is 5.11. The predicted molar refractivity (Wildman–Crippen MR) is 71.8 cm³/mol. The summed E-state index contributed by atoms with van der Waals surface area (Å²) < 4.78 is 0. The molecule has 3 unspecified atom stereocenters. The molecular formula is C14H21NS. The molecule has 0 aliphatic carbocycles. The highest BCUT2D eigenvalue weighted by Gasteiger charge is 2.23. The van der Waals surface area contributed by atoms with Gasteiger partial charge in [0.2, 0.25) is 0 Å². The van der Waals surface area contributed by atoms with Gasteiger partial charge >= 0.3 is 0 Å². The third-order valence-electron chi connectivity index (χ3n) is 3.15. The van der Waals surface area contributed by atoms with E-state index in [1.807, 2.05) is 0 Å². The van der Waals surface area contributed by atoms with Crippen LogP contribution in [0.4, 0.5) is 0 Å². The Morgan fingerprint density at radius 1 is 1.38 bits per heavy atom. The number of hydrogen-bond donors (Lipinski definition) is 1. The number of hydrogen-bond acceptors (Lipinski definition) is 2. The Labute approximate surface area is 103 Å². The lowest BCUT2D eigenvalue weighted by Crippen LogP contribution is -2.20. The van der Waals surface area contributed by atoms with Crippen LogP contribution < -0.4 is 5.73 Å². The molecule has 16 heavy (non-hydrogen) atoms. The third-order valence-corrected chi connectivity index (χ3v) is 4.50. The van der Waals surface area contributed by atoms with E-state index >= 15 is 0 Å². The SMILES string of the molecule is CC(N)CC(C)CC1Cc2ccccc2S1. The van der Waals surface area contributed by atoms with Gasteiger partial charge in [0.25, 0.3) is 0 Å². The smallest absolute Gasteiger partial charge is 0.0138 e. The first-order valence-electron chi connectivity index (χ1n) is 6.15. The van der Waals surface area contributed by atoms with E-state index in [-0.39, 0.29) is 0 Å². The Balaban J connectivity index is 1.87. The molecule has 88 valence electrons. The zero-order chi connectivity index (χ0) is 11.5. The van der Waals surface area contributed by atoms with Gasteiger partial charge in [-0.25, -0.2) is 0 Å². The average Bonchev–Trinajstić information content (AvgIpc) is 2.57. The number of rotatable bonds is 4. The van der Waals surface area contributed by atoms with E-state index < -0.39 is 0 Å². The first-order valence-corrected chi connectivity index (χ1v) is 7.03. The molecule has 0 bridgehead atoms. The topological polar surface area (TPSA) is 26.0 Å². The summed E-state index contributed by atoms with van der Waals surface area (Å²) in [5, 5.41) is 0.770. The van der Waals surface area contributed by atoms with Crippen molar-refractivity contribution in [2.24, 2.45) is 11.7 Å². The van der Waals surface area contributed by atoms with Gasteiger partial charge in [-0.15, -0.1) is 11.8 Å². The van der Waals surface area contributed by atoms with Crippen LogP contribution in [0.15, 0.2) is 29.2 Å². The van der Waals surface area contributed by atoms with Crippen LogP contribution in [0, 0.1) is 5.92 Å². The van der Waals surface area contributed by atoms with Gasteiger partial charge in [0.1, 0.15) is 0 Å². The lowest BCUT2D eigenvalue weighted by Gasteiger charge is -2.17. The molecule has 1 aliphatic heterocycles. The van der Waals surface area contributed by atoms with Crippen molar-refractivity contribution in [3.8, 4) is 0 Å². The summed E-state index contributed by atoms with van der Waals surface area (Å²) in [5.74, 6) is 0.742. The van der Waals surface area contributed by atoms with Gasteiger partial charge in [0.15, 0.2) is 0 Å². The molecule has 2 rings (SSSR count). The molecular weight excluding hydrogens is 214 g/mol. The van der Waals surface area contributed by atoms with Crippen molar-refractivity contribution in [3.05, 3.63) is 29.8 Å². The number of nitrogens with two attached hydrogens (primary N) is 1. The van der Waals surface area contributed by atoms with Crippen LogP contribution in [-0.2, 0) is 6.42 Å². The Bertz CT molecular complexity index is 323. The van der Waals surface area contributed by atoms with E-state index in [1.165, 1.54) is 23.3 Å². The maximum Gasteiger partial charge on any atom is 0.0138 e. The van der Waals surface area contributed by atoms with Crippen molar-refractivity contribution < 1.29 is 0 Å². The van der Waals surface area contributed by atoms with Crippen LogP contribution in [0.1, 0.15) is 32.3 Å². The summed E-state index contributed by atoms with van der Waals surface area (Å²) in [6.07, 6.45) is 3.68. The van der Waals surface area contributed by atoms with Crippen molar-refractivity contribution in [3.63, 3.8) is 0 Å². The van der Waals surface area contributed by atoms with Gasteiger partial charge < -0.3 is 5.73 Å². The van der Waals surface area contributed by atoms with Crippen LogP contribution in [0.2, 0.25) is 0 Å². The zero-order valence-corrected chi connectivity index (χ0v) is 11.0. The fourth-order valence-corrected chi connectivity index (χ4v) is 4.07. The average molecular weight is 235 g/mol. The Kier molecular flexibility index (Phi) is 3.93. The quantitative estimate of drug-likeness (QED) is 0.865. The normalized spacial score (nSPS) is 22.8. The number of benzene rings is 1. The predicted octanol–water partition coefficient (Wildman–Crippen LogP) is 3.47. The minimum Gasteiger partial charge on any atom is -0.328 e. The van der Waals surface area contributed by atoms with Crippen LogP contribution in [0.25, 0.3) is 0 Å². The monoisotopic (exact) mass is 235 g/mol. The molecule has 1 aromatic rings. The van der Waals surface area contributed by atoms with E-state index in [0.29, 0.717) is 6.04 Å². The standard InChI is InChI=1S/C14H21NS/c1-10(7-11(2)15)8-13-9-12-5-3-4-6-14(12)16-13/h3-6,10-11,13H,7-9,15H2,1-2H3. The van der Waals surface area contributed by atoms with E-state index in [1.54, 1.807) is 0 Å². The highest BCUT2D eigenvalue weighted by Crippen LogP contribution is 2.39. The van der Waals surface area contributed by atoms with Gasteiger partial charge in [-0.05, 0) is 43.7 Å². The van der Waals surface area contributed by atoms with E-state index in [0.717, 1.165) is 17.6 Å².